The van der Waals surface area contributed by atoms with Crippen molar-refractivity contribution in [2.24, 2.45) is 0 Å². The van der Waals surface area contributed by atoms with Gasteiger partial charge >= 0.3 is 11.4 Å². The first-order valence-corrected chi connectivity index (χ1v) is 14.7. The number of sulfone groups is 1. The molecule has 0 saturated carbocycles. The number of aromatic amines is 4. The molecule has 2 aromatic heterocycles. The molecule has 2 aliphatic heterocycles. The summed E-state index contributed by atoms with van der Waals surface area (Å²) in [5.74, 6) is -3.79. The highest BCUT2D eigenvalue weighted by molar-refractivity contribution is 7.91. The van der Waals surface area contributed by atoms with E-state index in [0.717, 1.165) is 48.8 Å². The molecule has 0 spiro atoms. The van der Waals surface area contributed by atoms with Crippen LogP contribution in [0, 0.1) is 0 Å². The Balaban J connectivity index is 0.000000662. The Morgan fingerprint density at radius 1 is 0.617 bits per heavy atom. The summed E-state index contributed by atoms with van der Waals surface area (Å²) in [6.07, 6.45) is 1.74. The fraction of sp³-hybridized carbons (Fsp3) is 0.107. The summed E-state index contributed by atoms with van der Waals surface area (Å²) in [6, 6.07) is 6.11. The number of imide groups is 2. The van der Waals surface area contributed by atoms with Crippen LogP contribution in [-0.2, 0) is 14.6 Å². The molecule has 0 atom stereocenters. The van der Waals surface area contributed by atoms with Crippen molar-refractivity contribution in [2.75, 3.05) is 23.9 Å². The zero-order chi connectivity index (χ0) is 34.5. The highest BCUT2D eigenvalue weighted by atomic mass is 32.2. The minimum absolute atomic E-state index is 0.0926. The van der Waals surface area contributed by atoms with Gasteiger partial charge in [-0.3, -0.25) is 43.5 Å². The highest BCUT2D eigenvalue weighted by Crippen LogP contribution is 2.33. The van der Waals surface area contributed by atoms with Gasteiger partial charge in [0.15, 0.2) is 0 Å². The molecule has 0 radical (unpaired) electrons. The lowest BCUT2D eigenvalue weighted by Crippen LogP contribution is -2.36. The van der Waals surface area contributed by atoms with Crippen LogP contribution in [0.5, 0.6) is 0 Å². The summed E-state index contributed by atoms with van der Waals surface area (Å²) in [6.45, 7) is 1.53. The minimum Gasteiger partial charge on any atom is -0.349 e. The van der Waals surface area contributed by atoms with Crippen LogP contribution < -0.4 is 32.3 Å². The van der Waals surface area contributed by atoms with Gasteiger partial charge in [0.25, 0.3) is 34.7 Å². The Kier molecular flexibility index (Phi) is 7.78. The number of aromatic nitrogens is 4. The highest BCUT2D eigenvalue weighted by Gasteiger charge is 2.41. The number of carbonyl (C=O) groups excluding carboxylic acids is 5. The topological polar surface area (TPSA) is 261 Å². The van der Waals surface area contributed by atoms with Crippen molar-refractivity contribution in [3.8, 4) is 0 Å². The average Bonchev–Trinajstić information content (AvgIpc) is 3.41. The summed E-state index contributed by atoms with van der Waals surface area (Å²) in [4.78, 5) is 119. The minimum atomic E-state index is -4.45. The lowest BCUT2D eigenvalue weighted by atomic mass is 10.1. The molecular weight excluding hydrogens is 642 g/mol. The smallest absolute Gasteiger partial charge is 0.325 e. The maximum absolute atomic E-state index is 13.5. The number of benzene rings is 2. The molecule has 0 aliphatic carbocycles. The molecule has 4 N–H and O–H groups in total. The molecule has 0 bridgehead atoms. The second-order valence-electron chi connectivity index (χ2n) is 10.1. The predicted molar refractivity (Wildman–Crippen MR) is 160 cm³/mol. The van der Waals surface area contributed by atoms with Gasteiger partial charge in [-0.1, -0.05) is 0 Å². The zero-order valence-electron chi connectivity index (χ0n) is 24.4. The van der Waals surface area contributed by atoms with E-state index >= 15 is 0 Å². The van der Waals surface area contributed by atoms with Crippen LogP contribution in [0.2, 0.25) is 0 Å². The van der Waals surface area contributed by atoms with Gasteiger partial charge in [0.2, 0.25) is 15.7 Å². The Labute approximate surface area is 261 Å². The number of nitrogens with one attached hydrogen (secondary N) is 4. The number of nitrogens with zero attached hydrogens (tertiary/aromatic N) is 3. The van der Waals surface area contributed by atoms with E-state index < -0.39 is 77.1 Å². The maximum atomic E-state index is 13.5. The number of hydrogen-bond donors (Lipinski definition) is 4. The molecule has 5 amide bonds. The molecular formula is C28H21N7O11S. The third kappa shape index (κ3) is 5.39. The fourth-order valence-electron chi connectivity index (χ4n) is 4.49. The van der Waals surface area contributed by atoms with Gasteiger partial charge in [-0.15, -0.1) is 0 Å². The first kappa shape index (κ1) is 31.9. The Morgan fingerprint density at radius 3 is 1.28 bits per heavy atom. The molecule has 240 valence electrons. The summed E-state index contributed by atoms with van der Waals surface area (Å²) in [7, 11) is -1.00. The van der Waals surface area contributed by atoms with Crippen LogP contribution >= 0.6 is 0 Å². The zero-order valence-corrected chi connectivity index (χ0v) is 25.2. The molecule has 4 heterocycles. The van der Waals surface area contributed by atoms with Gasteiger partial charge in [-0.25, -0.2) is 27.8 Å². The average molecular weight is 664 g/mol. The largest absolute Gasteiger partial charge is 0.349 e. The third-order valence-corrected chi connectivity index (χ3v) is 8.80. The van der Waals surface area contributed by atoms with Crippen LogP contribution in [0.3, 0.4) is 0 Å². The number of amides is 5. The SMILES string of the molecule is CC(=O)N(C)C.O=C1c2ccc(S(=O)(=O)c3ccc4c(c3)C(=O)N(c3c[nH]c(=O)[nH]c3=O)C4=O)cc2C(=O)N1c1c[nH]c(=O)[nH]c1=O. The van der Waals surface area contributed by atoms with E-state index in [1.807, 2.05) is 9.97 Å². The predicted octanol–water partition coefficient (Wildman–Crippen LogP) is -1.03. The van der Waals surface area contributed by atoms with E-state index in [1.54, 1.807) is 14.1 Å². The van der Waals surface area contributed by atoms with Crippen LogP contribution in [0.4, 0.5) is 11.4 Å². The maximum Gasteiger partial charge on any atom is 0.325 e. The first-order chi connectivity index (χ1) is 22.0. The monoisotopic (exact) mass is 663 g/mol. The van der Waals surface area contributed by atoms with Gasteiger partial charge in [0.05, 0.1) is 32.0 Å². The van der Waals surface area contributed by atoms with Gasteiger partial charge in [0, 0.05) is 33.4 Å². The molecule has 6 rings (SSSR count). The summed E-state index contributed by atoms with van der Waals surface area (Å²) >= 11 is 0. The number of H-pyrrole nitrogens is 4. The second kappa shape index (κ2) is 11.5. The van der Waals surface area contributed by atoms with E-state index in [0.29, 0.717) is 9.80 Å². The van der Waals surface area contributed by atoms with E-state index in [4.69, 9.17) is 0 Å². The molecule has 4 aromatic rings. The first-order valence-electron chi connectivity index (χ1n) is 13.2. The number of anilines is 2. The van der Waals surface area contributed by atoms with Crippen molar-refractivity contribution in [2.45, 2.75) is 16.7 Å². The Bertz CT molecular complexity index is 2270. The third-order valence-electron chi connectivity index (χ3n) is 7.05. The summed E-state index contributed by atoms with van der Waals surface area (Å²) in [5, 5.41) is 0. The summed E-state index contributed by atoms with van der Waals surface area (Å²) < 4.78 is 27.0. The van der Waals surface area contributed by atoms with Crippen LogP contribution in [0.15, 0.2) is 77.8 Å². The van der Waals surface area contributed by atoms with Gasteiger partial charge in [0.1, 0.15) is 11.4 Å². The van der Waals surface area contributed by atoms with E-state index in [9.17, 15) is 51.6 Å². The lowest BCUT2D eigenvalue weighted by molar-refractivity contribution is -0.126. The molecule has 2 aromatic carbocycles. The fourth-order valence-corrected chi connectivity index (χ4v) is 5.80. The standard InChI is InChI=1S/C24H12N6O10S.C4H9NO/c31-17-15(7-25-23(37)27-17)29-19(33)11-3-1-9(5-13(11)21(29)35)41(39,40)10-2-4-12-14(6-10)22(36)30(20(12)34)16-8-26-24(38)28-18(16)32;1-4(6)5(2)3/h1-8H,(H2,25,27,31,37)(H2,26,28,32,38);1-3H3. The van der Waals surface area contributed by atoms with Gasteiger partial charge in [-0.2, -0.15) is 0 Å². The number of hydrogen-bond acceptors (Lipinski definition) is 11. The van der Waals surface area contributed by atoms with Crippen molar-refractivity contribution < 1.29 is 32.4 Å². The van der Waals surface area contributed by atoms with E-state index in [1.165, 1.54) is 11.8 Å². The van der Waals surface area contributed by atoms with E-state index in [2.05, 4.69) is 9.97 Å². The quantitative estimate of drug-likeness (QED) is 0.192. The van der Waals surface area contributed by atoms with E-state index in [-0.39, 0.29) is 28.2 Å². The van der Waals surface area contributed by atoms with Crippen molar-refractivity contribution in [1.82, 2.24) is 24.8 Å². The molecule has 2 aliphatic rings. The molecule has 19 heteroatoms. The van der Waals surface area contributed by atoms with Gasteiger partial charge in [-0.05, 0) is 36.4 Å². The van der Waals surface area contributed by atoms with Crippen molar-refractivity contribution in [3.05, 3.63) is 113 Å². The van der Waals surface area contributed by atoms with Crippen molar-refractivity contribution in [3.63, 3.8) is 0 Å². The molecule has 0 saturated heterocycles. The molecule has 18 nitrogen and oxygen atoms in total. The molecule has 0 fully saturated rings. The number of rotatable bonds is 4. The van der Waals surface area contributed by atoms with Crippen LogP contribution in [0.25, 0.3) is 0 Å². The summed E-state index contributed by atoms with van der Waals surface area (Å²) in [5.41, 5.74) is -5.81. The normalized spacial score (nSPS) is 13.7. The van der Waals surface area contributed by atoms with Gasteiger partial charge < -0.3 is 14.9 Å². The number of carbonyl (C=O) groups is 5. The van der Waals surface area contributed by atoms with Crippen molar-refractivity contribution in [1.29, 1.82) is 0 Å². The molecule has 0 unspecified atom stereocenters. The second-order valence-corrected chi connectivity index (χ2v) is 12.1. The van der Waals surface area contributed by atoms with Crippen LogP contribution in [-0.4, -0.2) is 76.9 Å². The van der Waals surface area contributed by atoms with Crippen LogP contribution in [0.1, 0.15) is 48.4 Å². The number of fused-ring (bicyclic) bond motifs is 2. The molecule has 47 heavy (non-hydrogen) atoms. The Hall–Kier alpha value is -6.50. The lowest BCUT2D eigenvalue weighted by Gasteiger charge is -2.11. The van der Waals surface area contributed by atoms with Crippen molar-refractivity contribution >= 4 is 50.7 Å². The Morgan fingerprint density at radius 2 is 0.957 bits per heavy atom.